The molecule has 0 aromatic carbocycles. The van der Waals surface area contributed by atoms with E-state index in [9.17, 15) is 14.4 Å². The highest BCUT2D eigenvalue weighted by atomic mass is 79.9. The Morgan fingerprint density at radius 3 is 2.16 bits per heavy atom. The van der Waals surface area contributed by atoms with Crippen LogP contribution in [0.1, 0.15) is 24.8 Å². The second kappa shape index (κ2) is 6.85. The van der Waals surface area contributed by atoms with E-state index < -0.39 is 61.9 Å². The average molecular weight is 342 g/mol. The molecule has 0 radical (unpaired) electrons. The van der Waals surface area contributed by atoms with Gasteiger partial charge in [-0.1, -0.05) is 15.9 Å². The van der Waals surface area contributed by atoms with Crippen molar-refractivity contribution in [1.29, 1.82) is 0 Å². The van der Waals surface area contributed by atoms with Gasteiger partial charge in [-0.05, 0) is 0 Å². The van der Waals surface area contributed by atoms with E-state index in [2.05, 4.69) is 15.9 Å². The molecular weight excluding hydrogens is 324 g/mol. The second-order valence-corrected chi connectivity index (χ2v) is 4.52. The Morgan fingerprint density at radius 1 is 1.05 bits per heavy atom. The molecule has 4 atom stereocenters. The molecule has 0 aliphatic carbocycles. The predicted molar refractivity (Wildman–Crippen MR) is 65.3 cm³/mol. The van der Waals surface area contributed by atoms with E-state index in [1.807, 2.05) is 0 Å². The number of halogens is 1. The van der Waals surface area contributed by atoms with Gasteiger partial charge in [0.15, 0.2) is 23.3 Å². The number of esters is 3. The molecule has 0 saturated carbocycles. The van der Waals surface area contributed by atoms with Crippen molar-refractivity contribution in [2.45, 2.75) is 44.0 Å². The van der Waals surface area contributed by atoms with Gasteiger partial charge in [-0.25, -0.2) is 0 Å². The maximum atomic E-state index is 11.4. The highest BCUT2D eigenvalue weighted by molar-refractivity contribution is 9.09. The molecule has 0 amide bonds. The van der Waals surface area contributed by atoms with Crippen LogP contribution >= 0.6 is 15.9 Å². The molecule has 1 fully saturated rings. The van der Waals surface area contributed by atoms with Crippen LogP contribution in [-0.2, 0) is 33.3 Å². The topological polar surface area (TPSA) is 88.1 Å². The van der Waals surface area contributed by atoms with Crippen molar-refractivity contribution < 1.29 is 37.4 Å². The first-order valence-electron chi connectivity index (χ1n) is 7.26. The minimum atomic E-state index is -1.19. The number of carbonyl (C=O) groups is 3. The van der Waals surface area contributed by atoms with Gasteiger partial charge >= 0.3 is 17.9 Å². The average Bonchev–Trinajstić information content (AvgIpc) is 2.52. The highest BCUT2D eigenvalue weighted by Crippen LogP contribution is 2.27. The molecule has 0 aromatic heterocycles. The molecule has 8 heteroatoms. The fourth-order valence-corrected chi connectivity index (χ4v) is 2.14. The minimum Gasteiger partial charge on any atom is -0.456 e. The summed E-state index contributed by atoms with van der Waals surface area (Å²) in [6, 6.07) is 0. The monoisotopic (exact) mass is 341 g/mol. The summed E-state index contributed by atoms with van der Waals surface area (Å²) < 4.78 is 41.0. The summed E-state index contributed by atoms with van der Waals surface area (Å²) >= 11 is 3.10. The zero-order chi connectivity index (χ0) is 16.7. The van der Waals surface area contributed by atoms with E-state index in [1.54, 1.807) is 0 Å². The number of hydrogen-bond donors (Lipinski definition) is 0. The van der Waals surface area contributed by atoms with Crippen LogP contribution in [0, 0.1) is 0 Å². The number of ether oxygens (including phenoxy) is 4. The summed E-state index contributed by atoms with van der Waals surface area (Å²) in [5, 5.41) is -0.836. The summed E-state index contributed by atoms with van der Waals surface area (Å²) in [4.78, 5) is 33.9. The third-order valence-corrected chi connectivity index (χ3v) is 2.97. The van der Waals surface area contributed by atoms with Gasteiger partial charge in [-0.15, -0.1) is 0 Å². The SMILES string of the molecule is [2H]CC(=O)O[C@H]1[C@H](OC(=O)C[2H])COC(Br)[C@@H]1OC(=O)C[2H]. The normalized spacial score (nSPS) is 32.4. The van der Waals surface area contributed by atoms with Gasteiger partial charge in [0.25, 0.3) is 0 Å². The van der Waals surface area contributed by atoms with E-state index in [0.717, 1.165) is 0 Å². The zero-order valence-electron chi connectivity index (χ0n) is 12.9. The Hall–Kier alpha value is -1.15. The lowest BCUT2D eigenvalue weighted by molar-refractivity contribution is -0.212. The molecule has 1 saturated heterocycles. The molecule has 1 rings (SSSR count). The fraction of sp³-hybridized carbons (Fsp3) is 0.727. The van der Waals surface area contributed by atoms with Crippen LogP contribution in [0.4, 0.5) is 0 Å². The van der Waals surface area contributed by atoms with Gasteiger partial charge < -0.3 is 18.9 Å². The van der Waals surface area contributed by atoms with Crippen molar-refractivity contribution in [3.05, 3.63) is 0 Å². The summed E-state index contributed by atoms with van der Waals surface area (Å²) in [6.45, 7) is -2.09. The van der Waals surface area contributed by atoms with E-state index in [4.69, 9.17) is 23.1 Å². The molecule has 1 heterocycles. The number of rotatable bonds is 3. The van der Waals surface area contributed by atoms with Gasteiger partial charge in [-0.3, -0.25) is 14.4 Å². The maximum Gasteiger partial charge on any atom is 0.303 e. The lowest BCUT2D eigenvalue weighted by Gasteiger charge is -2.38. The van der Waals surface area contributed by atoms with E-state index in [-0.39, 0.29) is 6.61 Å². The minimum absolute atomic E-state index is 0.146. The van der Waals surface area contributed by atoms with Crippen molar-refractivity contribution in [3.63, 3.8) is 0 Å². The lowest BCUT2D eigenvalue weighted by atomic mass is 10.1. The molecule has 0 bridgehead atoms. The van der Waals surface area contributed by atoms with Crippen molar-refractivity contribution in [2.24, 2.45) is 0 Å². The lowest BCUT2D eigenvalue weighted by Crippen LogP contribution is -2.55. The standard InChI is InChI=1S/C11H15BrO7/c1-5(13)17-8-4-16-11(12)10(19-7(3)15)9(8)18-6(2)14/h8-11H,4H2,1-3H3/t8-,9+,10-,11?/m1/s1/i1D,2D,3D. The van der Waals surface area contributed by atoms with Crippen LogP contribution in [0.5, 0.6) is 0 Å². The Balaban J connectivity index is 2.92. The summed E-state index contributed by atoms with van der Waals surface area (Å²) in [5.74, 6) is -2.64. The summed E-state index contributed by atoms with van der Waals surface area (Å²) in [5.41, 5.74) is 0. The Bertz CT molecular complexity index is 422. The fourth-order valence-electron chi connectivity index (χ4n) is 1.57. The Labute approximate surface area is 122 Å². The van der Waals surface area contributed by atoms with E-state index in [1.165, 1.54) is 0 Å². The third kappa shape index (κ3) is 4.79. The predicted octanol–water partition coefficient (Wildman–Crippen LogP) is 0.533. The largest absolute Gasteiger partial charge is 0.456 e. The van der Waals surface area contributed by atoms with Crippen molar-refractivity contribution in [3.8, 4) is 0 Å². The van der Waals surface area contributed by atoms with Crippen LogP contribution in [0.3, 0.4) is 0 Å². The number of carbonyl (C=O) groups excluding carboxylic acids is 3. The summed E-state index contributed by atoms with van der Waals surface area (Å²) in [7, 11) is 0. The first-order valence-corrected chi connectivity index (χ1v) is 6.06. The van der Waals surface area contributed by atoms with Crippen LogP contribution in [0.15, 0.2) is 0 Å². The van der Waals surface area contributed by atoms with Crippen molar-refractivity contribution >= 4 is 33.8 Å². The van der Waals surface area contributed by atoms with Crippen LogP contribution in [-0.4, -0.2) is 47.8 Å². The molecule has 1 aliphatic rings. The van der Waals surface area contributed by atoms with Crippen LogP contribution in [0.2, 0.25) is 0 Å². The Morgan fingerprint density at radius 2 is 1.58 bits per heavy atom. The number of alkyl halides is 1. The van der Waals surface area contributed by atoms with Crippen molar-refractivity contribution in [1.82, 2.24) is 0 Å². The first-order chi connectivity index (χ1) is 10.4. The van der Waals surface area contributed by atoms with Gasteiger partial charge in [0.2, 0.25) is 0 Å². The molecule has 19 heavy (non-hydrogen) atoms. The van der Waals surface area contributed by atoms with E-state index in [0.29, 0.717) is 0 Å². The smallest absolute Gasteiger partial charge is 0.303 e. The van der Waals surface area contributed by atoms with Gasteiger partial charge in [0.05, 0.1) is 6.61 Å². The molecule has 1 aliphatic heterocycles. The quantitative estimate of drug-likeness (QED) is 0.420. The van der Waals surface area contributed by atoms with Crippen LogP contribution < -0.4 is 0 Å². The third-order valence-electron chi connectivity index (χ3n) is 2.19. The summed E-state index contributed by atoms with van der Waals surface area (Å²) in [6.07, 6.45) is -3.42. The molecular formula is C11H15BrO7. The molecule has 0 N–H and O–H groups in total. The highest BCUT2D eigenvalue weighted by Gasteiger charge is 2.45. The maximum absolute atomic E-state index is 11.4. The van der Waals surface area contributed by atoms with Crippen LogP contribution in [0.25, 0.3) is 0 Å². The number of hydrogen-bond acceptors (Lipinski definition) is 7. The van der Waals surface area contributed by atoms with E-state index >= 15 is 0 Å². The second-order valence-electron chi connectivity index (χ2n) is 3.62. The Kier molecular flexibility index (Phi) is 4.21. The molecule has 0 spiro atoms. The molecule has 1 unspecified atom stereocenters. The molecule has 0 aromatic rings. The molecule has 108 valence electrons. The van der Waals surface area contributed by atoms with Gasteiger partial charge in [-0.2, -0.15) is 0 Å². The first kappa shape index (κ1) is 11.7. The zero-order valence-corrected chi connectivity index (χ0v) is 11.5. The van der Waals surface area contributed by atoms with Crippen molar-refractivity contribution in [2.75, 3.05) is 6.61 Å². The van der Waals surface area contributed by atoms with Gasteiger partial charge in [0, 0.05) is 24.8 Å². The molecule has 7 nitrogen and oxygen atoms in total. The van der Waals surface area contributed by atoms with Gasteiger partial charge in [0.1, 0.15) is 0 Å².